The first kappa shape index (κ1) is 35.6. The molecular weight excluding hydrogens is 670 g/mol. The van der Waals surface area contributed by atoms with Gasteiger partial charge in [0, 0.05) is 25.5 Å². The molecule has 1 saturated heterocycles. The number of amides is 5. The topological polar surface area (TPSA) is 190 Å². The van der Waals surface area contributed by atoms with Gasteiger partial charge in [0.15, 0.2) is 0 Å². The van der Waals surface area contributed by atoms with Crippen molar-refractivity contribution in [2.45, 2.75) is 100 Å². The van der Waals surface area contributed by atoms with Gasteiger partial charge in [-0.05, 0) is 70.9 Å². The number of rotatable bonds is 5. The summed E-state index contributed by atoms with van der Waals surface area (Å²) in [6, 6.07) is 4.98. The van der Waals surface area contributed by atoms with Crippen molar-refractivity contribution in [3.63, 3.8) is 0 Å². The lowest BCUT2D eigenvalue weighted by Gasteiger charge is -2.30. The van der Waals surface area contributed by atoms with Gasteiger partial charge in [0.05, 0.1) is 24.1 Å². The number of para-hydroxylation sites is 1. The monoisotopic (exact) mass is 715 g/mol. The minimum absolute atomic E-state index is 0.0998. The van der Waals surface area contributed by atoms with Gasteiger partial charge in [-0.2, -0.15) is 0 Å². The van der Waals surface area contributed by atoms with E-state index < -0.39 is 80.4 Å². The maximum atomic E-state index is 14.2. The summed E-state index contributed by atoms with van der Waals surface area (Å²) in [5.74, 6) is -2.71. The molecule has 5 aliphatic rings. The van der Waals surface area contributed by atoms with E-state index in [0.717, 1.165) is 11.3 Å². The van der Waals surface area contributed by atoms with Crippen LogP contribution in [0.5, 0.6) is 0 Å². The number of sulfonamides is 1. The van der Waals surface area contributed by atoms with Crippen molar-refractivity contribution >= 4 is 45.6 Å². The molecular formula is C34H45N5O10S. The third kappa shape index (κ3) is 7.90. The summed E-state index contributed by atoms with van der Waals surface area (Å²) < 4.78 is 44.7. The number of alkyl carbamates (subject to hydrolysis) is 1. The summed E-state index contributed by atoms with van der Waals surface area (Å²) in [7, 11) is -3.91. The van der Waals surface area contributed by atoms with Gasteiger partial charge in [0.25, 0.3) is 5.91 Å². The number of ether oxygens (including phenoxy) is 3. The normalized spacial score (nSPS) is 29.3. The third-order valence-electron chi connectivity index (χ3n) is 9.49. The van der Waals surface area contributed by atoms with Crippen LogP contribution < -0.4 is 20.3 Å². The Morgan fingerprint density at radius 3 is 2.62 bits per heavy atom. The molecule has 16 heteroatoms. The van der Waals surface area contributed by atoms with Gasteiger partial charge >= 0.3 is 12.2 Å². The molecule has 1 aromatic carbocycles. The average Bonchev–Trinajstić information content (AvgIpc) is 3.93. The van der Waals surface area contributed by atoms with E-state index in [2.05, 4.69) is 15.4 Å². The van der Waals surface area contributed by atoms with Crippen LogP contribution in [0.25, 0.3) is 0 Å². The zero-order chi connectivity index (χ0) is 35.8. The standard InChI is InChI=1S/C34H45N5O10S/c1-33(2,3)49-31(43)35-25-20-47-16-8-4-5-10-22-18-34(22,30(42)37-50(45,46)24-12-13-24)36-28(40)27-17-23(19-39(27)29(25)41)48-32(44)38-15-14-21-9-6-7-11-26(21)38/h5-7,9-11,22-25,27H,4,8,12-20H2,1-3H3,(H,35,43)(H,36,40)(H,37,42)/b10-5-/t22-,23+,25-,27-,34+/m0/s1. The fraction of sp³-hybridized carbons (Fsp3) is 0.618. The first-order valence-electron chi connectivity index (χ1n) is 17.2. The van der Waals surface area contributed by atoms with Crippen molar-refractivity contribution in [2.24, 2.45) is 5.92 Å². The molecule has 2 saturated carbocycles. The second-order valence-corrected chi connectivity index (χ2v) is 16.5. The van der Waals surface area contributed by atoms with Crippen molar-refractivity contribution in [3.8, 4) is 0 Å². The number of benzene rings is 1. The van der Waals surface area contributed by atoms with Crippen LogP contribution in [0.4, 0.5) is 15.3 Å². The number of anilines is 1. The maximum Gasteiger partial charge on any atom is 0.414 e. The van der Waals surface area contributed by atoms with Crippen molar-refractivity contribution in [1.82, 2.24) is 20.3 Å². The Balaban J connectivity index is 1.26. The van der Waals surface area contributed by atoms with E-state index in [-0.39, 0.29) is 32.6 Å². The quantitative estimate of drug-likeness (QED) is 0.380. The fourth-order valence-corrected chi connectivity index (χ4v) is 8.03. The average molecular weight is 716 g/mol. The number of carbonyl (C=O) groups is 5. The molecule has 1 aromatic rings. The van der Waals surface area contributed by atoms with E-state index in [1.165, 1.54) is 9.80 Å². The lowest BCUT2D eigenvalue weighted by molar-refractivity contribution is -0.142. The van der Waals surface area contributed by atoms with Crippen LogP contribution in [0, 0.1) is 5.92 Å². The van der Waals surface area contributed by atoms with Crippen LogP contribution in [-0.2, 0) is 45.0 Å². The Kier molecular flexibility index (Phi) is 9.87. The first-order valence-corrected chi connectivity index (χ1v) is 18.7. The zero-order valence-corrected chi connectivity index (χ0v) is 29.3. The molecule has 3 aliphatic heterocycles. The molecule has 0 aromatic heterocycles. The number of carbonyl (C=O) groups excluding carboxylic acids is 5. The fourth-order valence-electron chi connectivity index (χ4n) is 6.67. The number of hydrogen-bond donors (Lipinski definition) is 3. The minimum Gasteiger partial charge on any atom is -0.444 e. The smallest absolute Gasteiger partial charge is 0.414 e. The molecule has 3 heterocycles. The van der Waals surface area contributed by atoms with E-state index >= 15 is 0 Å². The van der Waals surface area contributed by atoms with E-state index in [1.54, 1.807) is 26.8 Å². The third-order valence-corrected chi connectivity index (χ3v) is 11.3. The molecule has 0 radical (unpaired) electrons. The molecule has 0 spiro atoms. The highest BCUT2D eigenvalue weighted by molar-refractivity contribution is 7.91. The highest BCUT2D eigenvalue weighted by Gasteiger charge is 2.62. The molecule has 5 amide bonds. The van der Waals surface area contributed by atoms with E-state index in [0.29, 0.717) is 38.6 Å². The molecule has 2 aliphatic carbocycles. The highest BCUT2D eigenvalue weighted by Crippen LogP contribution is 2.46. The van der Waals surface area contributed by atoms with E-state index in [9.17, 15) is 32.4 Å². The summed E-state index contributed by atoms with van der Waals surface area (Å²) in [6.45, 7) is 5.31. The molecule has 3 N–H and O–H groups in total. The molecule has 6 rings (SSSR count). The van der Waals surface area contributed by atoms with Gasteiger partial charge in [-0.1, -0.05) is 30.4 Å². The van der Waals surface area contributed by atoms with Crippen molar-refractivity contribution in [2.75, 3.05) is 31.2 Å². The summed E-state index contributed by atoms with van der Waals surface area (Å²) >= 11 is 0. The molecule has 50 heavy (non-hydrogen) atoms. The second-order valence-electron chi connectivity index (χ2n) is 14.6. The van der Waals surface area contributed by atoms with Crippen LogP contribution in [0.3, 0.4) is 0 Å². The largest absolute Gasteiger partial charge is 0.444 e. The summed E-state index contributed by atoms with van der Waals surface area (Å²) in [4.78, 5) is 70.9. The summed E-state index contributed by atoms with van der Waals surface area (Å²) in [6.07, 6.45) is 3.97. The summed E-state index contributed by atoms with van der Waals surface area (Å²) in [5, 5.41) is 4.71. The van der Waals surface area contributed by atoms with E-state index in [4.69, 9.17) is 14.2 Å². The van der Waals surface area contributed by atoms with Gasteiger partial charge in [0.1, 0.15) is 29.3 Å². The molecule has 0 bridgehead atoms. The molecule has 5 atom stereocenters. The Morgan fingerprint density at radius 1 is 1.12 bits per heavy atom. The Hall–Kier alpha value is -4.18. The number of fused-ring (bicyclic) bond motifs is 3. The molecule has 15 nitrogen and oxygen atoms in total. The number of allylic oxidation sites excluding steroid dienone is 1. The maximum absolute atomic E-state index is 14.2. The van der Waals surface area contributed by atoms with Crippen molar-refractivity contribution in [1.29, 1.82) is 0 Å². The Bertz CT molecular complexity index is 1670. The van der Waals surface area contributed by atoms with Crippen LogP contribution in [0.15, 0.2) is 36.4 Å². The predicted molar refractivity (Wildman–Crippen MR) is 179 cm³/mol. The van der Waals surface area contributed by atoms with Crippen molar-refractivity contribution in [3.05, 3.63) is 42.0 Å². The van der Waals surface area contributed by atoms with Crippen LogP contribution in [0.1, 0.15) is 64.9 Å². The minimum atomic E-state index is -3.91. The van der Waals surface area contributed by atoms with Crippen LogP contribution >= 0.6 is 0 Å². The number of hydrogen-bond acceptors (Lipinski definition) is 10. The number of nitrogens with one attached hydrogen (secondary N) is 3. The number of nitrogens with zero attached hydrogens (tertiary/aromatic N) is 2. The van der Waals surface area contributed by atoms with Crippen molar-refractivity contribution < 1.29 is 46.6 Å². The first-order chi connectivity index (χ1) is 23.7. The van der Waals surface area contributed by atoms with Gasteiger partial charge in [-0.3, -0.25) is 24.0 Å². The predicted octanol–water partition coefficient (Wildman–Crippen LogP) is 1.90. The van der Waals surface area contributed by atoms with Crippen LogP contribution in [-0.4, -0.2) is 104 Å². The summed E-state index contributed by atoms with van der Waals surface area (Å²) in [5.41, 5.74) is -0.690. The van der Waals surface area contributed by atoms with E-state index in [1.807, 2.05) is 30.3 Å². The molecule has 272 valence electrons. The van der Waals surface area contributed by atoms with Gasteiger partial charge in [-0.25, -0.2) is 18.0 Å². The molecule has 3 fully saturated rings. The Labute approximate surface area is 291 Å². The highest BCUT2D eigenvalue weighted by atomic mass is 32.2. The lowest BCUT2D eigenvalue weighted by Crippen LogP contribution is -2.59. The Morgan fingerprint density at radius 2 is 1.88 bits per heavy atom. The zero-order valence-electron chi connectivity index (χ0n) is 28.5. The SMILES string of the molecule is CC(C)(C)OC(=O)N[C@H]1COCCC/C=C\[C@H]2C[C@@]2(C(=O)NS(=O)(=O)C2CC2)NC(=O)[C@@H]2C[C@@H](OC(=O)N3CCc4ccccc43)CN2C1=O. The van der Waals surface area contributed by atoms with Gasteiger partial charge in [0.2, 0.25) is 21.8 Å². The molecule has 0 unspecified atom stereocenters. The van der Waals surface area contributed by atoms with Gasteiger partial charge < -0.3 is 29.7 Å². The van der Waals surface area contributed by atoms with Gasteiger partial charge in [-0.15, -0.1) is 0 Å². The lowest BCUT2D eigenvalue weighted by atomic mass is 10.1. The van der Waals surface area contributed by atoms with Crippen LogP contribution in [0.2, 0.25) is 0 Å². The second kappa shape index (κ2) is 13.9.